The molecule has 0 aromatic carbocycles. The maximum atomic E-state index is 15.0. The Morgan fingerprint density at radius 2 is 0.720 bits per heavy atom. The van der Waals surface area contributed by atoms with Crippen LogP contribution >= 0.6 is 7.60 Å². The molecule has 9 nitrogen and oxygen atoms in total. The maximum Gasteiger partial charge on any atom is 0.328 e. The van der Waals surface area contributed by atoms with Crippen molar-refractivity contribution in [3.63, 3.8) is 0 Å². The average molecular weight is 1080 g/mol. The molecule has 18 atom stereocenters. The Labute approximate surface area is 465 Å². The summed E-state index contributed by atoms with van der Waals surface area (Å²) in [6.07, 6.45) is 36.4. The molecule has 2 aliphatic heterocycles. The van der Waals surface area contributed by atoms with E-state index in [0.717, 1.165) is 32.1 Å². The zero-order valence-corrected chi connectivity index (χ0v) is 52.9. The van der Waals surface area contributed by atoms with Crippen LogP contribution in [0.25, 0.3) is 0 Å². The topological polar surface area (TPSA) is 90.9 Å². The van der Waals surface area contributed by atoms with Crippen molar-refractivity contribution in [1.82, 2.24) is 0 Å². The van der Waals surface area contributed by atoms with Crippen molar-refractivity contribution in [2.45, 2.75) is 332 Å². The first-order valence-electron chi connectivity index (χ1n) is 32.8. The zero-order valence-electron chi connectivity index (χ0n) is 52.0. The van der Waals surface area contributed by atoms with E-state index in [2.05, 4.69) is 90.0 Å². The van der Waals surface area contributed by atoms with Crippen LogP contribution in [0.4, 0.5) is 0 Å². The molecule has 3 rings (SSSR count). The van der Waals surface area contributed by atoms with Crippen molar-refractivity contribution in [3.05, 3.63) is 0 Å². The van der Waals surface area contributed by atoms with E-state index in [1.54, 1.807) is 6.66 Å². The molecule has 2 heterocycles. The Morgan fingerprint density at radius 1 is 0.387 bits per heavy atom. The molecule has 0 spiro atoms. The van der Waals surface area contributed by atoms with Crippen LogP contribution in [0, 0.1) is 53.3 Å². The quantitative estimate of drug-likeness (QED) is 0.0437. The van der Waals surface area contributed by atoms with E-state index in [-0.39, 0.29) is 54.5 Å². The molecule has 75 heavy (non-hydrogen) atoms. The summed E-state index contributed by atoms with van der Waals surface area (Å²) in [4.78, 5) is 0. The van der Waals surface area contributed by atoms with Gasteiger partial charge in [-0.15, -0.1) is 0 Å². The lowest BCUT2D eigenvalue weighted by molar-refractivity contribution is -0.320. The van der Waals surface area contributed by atoms with E-state index in [9.17, 15) is 4.57 Å². The Kier molecular flexibility index (Phi) is 37.0. The van der Waals surface area contributed by atoms with Gasteiger partial charge in [0, 0.05) is 31.7 Å². The summed E-state index contributed by atoms with van der Waals surface area (Å²) < 4.78 is 69.3. The second-order valence-corrected chi connectivity index (χ2v) is 27.2. The number of hydrogen-bond donors (Lipinski definition) is 0. The molecule has 0 aromatic rings. The first-order chi connectivity index (χ1) is 36.1. The van der Waals surface area contributed by atoms with Gasteiger partial charge >= 0.3 is 7.60 Å². The summed E-state index contributed by atoms with van der Waals surface area (Å²) in [5, 5.41) is 0. The van der Waals surface area contributed by atoms with Gasteiger partial charge in [0.05, 0.1) is 37.6 Å². The van der Waals surface area contributed by atoms with Crippen LogP contribution in [-0.4, -0.2) is 82.3 Å². The minimum Gasteiger partial charge on any atom is -0.379 e. The Balaban J connectivity index is 1.66. The summed E-state index contributed by atoms with van der Waals surface area (Å²) in [7, 11) is -3.71. The zero-order chi connectivity index (χ0) is 55.0. The van der Waals surface area contributed by atoms with Crippen LogP contribution in [0.5, 0.6) is 0 Å². The highest BCUT2D eigenvalue weighted by molar-refractivity contribution is 7.53. The molecule has 0 bridgehead atoms. The highest BCUT2D eigenvalue weighted by Gasteiger charge is 2.54. The van der Waals surface area contributed by atoms with Gasteiger partial charge in [0.2, 0.25) is 0 Å². The number of ether oxygens (including phenoxy) is 6. The van der Waals surface area contributed by atoms with Crippen LogP contribution in [0.2, 0.25) is 0 Å². The summed E-state index contributed by atoms with van der Waals surface area (Å²) in [6, 6.07) is 0. The highest BCUT2D eigenvalue weighted by Crippen LogP contribution is 2.52. The molecule has 0 aromatic heterocycles. The molecule has 0 radical (unpaired) electrons. The molecule has 2 saturated heterocycles. The molecule has 0 N–H and O–H groups in total. The SMILES string of the molecule is CCCCCCCCCCCCCCCCOC[C@H](COP(C)(=O)OC1C(O[C@@H]2OC(CC)[C@H](C)[C@H](C)C2C)C(C)C(C)[C@H](C)C1O[C@H]1OC(CC)[C@@H](C)C(C)[C@H]1C)OCCCCCCCCCCCCCCCC. The van der Waals surface area contributed by atoms with E-state index >= 15 is 0 Å². The van der Waals surface area contributed by atoms with Gasteiger partial charge in [0.15, 0.2) is 12.6 Å². The second kappa shape index (κ2) is 40.2. The number of rotatable bonds is 44. The van der Waals surface area contributed by atoms with Crippen molar-refractivity contribution in [1.29, 1.82) is 0 Å². The average Bonchev–Trinajstić information content (AvgIpc) is 3.40. The predicted molar refractivity (Wildman–Crippen MR) is 316 cm³/mol. The van der Waals surface area contributed by atoms with Crippen molar-refractivity contribution < 1.29 is 42.0 Å². The van der Waals surface area contributed by atoms with E-state index < -0.39 is 38.5 Å². The third-order valence-electron chi connectivity index (χ3n) is 19.3. The largest absolute Gasteiger partial charge is 0.379 e. The molecular weight excluding hydrogens is 956 g/mol. The fourth-order valence-electron chi connectivity index (χ4n) is 12.7. The summed E-state index contributed by atoms with van der Waals surface area (Å²) >= 11 is 0. The molecule has 1 saturated carbocycles. The molecule has 446 valence electrons. The Morgan fingerprint density at radius 3 is 1.08 bits per heavy atom. The number of unbranched alkanes of at least 4 members (excludes halogenated alkanes) is 26. The van der Waals surface area contributed by atoms with E-state index in [1.807, 2.05) is 0 Å². The lowest BCUT2D eigenvalue weighted by Gasteiger charge is -2.53. The van der Waals surface area contributed by atoms with Gasteiger partial charge in [-0.2, -0.15) is 0 Å². The van der Waals surface area contributed by atoms with E-state index in [0.29, 0.717) is 43.5 Å². The predicted octanol–water partition coefficient (Wildman–Crippen LogP) is 19.4. The smallest absolute Gasteiger partial charge is 0.328 e. The first-order valence-corrected chi connectivity index (χ1v) is 34.8. The minimum absolute atomic E-state index is 0.0758. The van der Waals surface area contributed by atoms with Crippen LogP contribution < -0.4 is 0 Å². The standard InChI is InChI=1S/C65H127O9P/c1-15-19-21-23-25-27-29-31-33-35-37-39-41-43-45-67-47-58(68-46-44-42-40-38-36-34-32-30-28-26-24-22-20-16-2)48-69-75(14,66)74-63-61(72-64-56(12)49(5)52(8)59(17-3)70-64)54(10)51(7)55(11)62(63)73-65-57(13)50(6)53(9)60(18-4)71-65/h49-65H,15-48H2,1-14H3/t49-,50?,51?,52+,53-,54?,55-,56?,57+,58+,59?,60?,61?,62?,63?,64-,65+,75?/m0/s1. The monoisotopic (exact) mass is 1080 g/mol. The van der Waals surface area contributed by atoms with E-state index in [1.165, 1.54) is 161 Å². The van der Waals surface area contributed by atoms with Crippen molar-refractivity contribution in [2.75, 3.05) is 33.1 Å². The van der Waals surface area contributed by atoms with Crippen LogP contribution in [-0.2, 0) is 42.0 Å². The normalized spacial score (nSPS) is 32.7. The fourth-order valence-corrected chi connectivity index (χ4v) is 13.9. The van der Waals surface area contributed by atoms with Gasteiger partial charge in [0.1, 0.15) is 12.2 Å². The van der Waals surface area contributed by atoms with Gasteiger partial charge in [-0.25, -0.2) is 0 Å². The molecule has 10 unspecified atom stereocenters. The Bertz CT molecular complexity index is 1360. The molecule has 1 aliphatic carbocycles. The lowest BCUT2D eigenvalue weighted by Crippen LogP contribution is -2.60. The molecule has 10 heteroatoms. The summed E-state index contributed by atoms with van der Waals surface area (Å²) in [5.74, 6) is 2.41. The van der Waals surface area contributed by atoms with Crippen LogP contribution in [0.3, 0.4) is 0 Å². The summed E-state index contributed by atoms with van der Waals surface area (Å²) in [5.41, 5.74) is 0. The van der Waals surface area contributed by atoms with E-state index in [4.69, 9.17) is 37.5 Å². The van der Waals surface area contributed by atoms with Crippen LogP contribution in [0.1, 0.15) is 283 Å². The maximum absolute atomic E-state index is 15.0. The second-order valence-electron chi connectivity index (χ2n) is 25.2. The lowest BCUT2D eigenvalue weighted by atomic mass is 9.69. The first kappa shape index (κ1) is 69.2. The van der Waals surface area contributed by atoms with Crippen LogP contribution in [0.15, 0.2) is 0 Å². The molecule has 3 fully saturated rings. The summed E-state index contributed by atoms with van der Waals surface area (Å²) in [6.45, 7) is 33.1. The van der Waals surface area contributed by atoms with Crippen molar-refractivity contribution in [3.8, 4) is 0 Å². The molecule has 0 amide bonds. The van der Waals surface area contributed by atoms with Gasteiger partial charge in [-0.05, 0) is 67.1 Å². The third-order valence-corrected chi connectivity index (χ3v) is 20.5. The van der Waals surface area contributed by atoms with Gasteiger partial charge in [-0.3, -0.25) is 9.09 Å². The van der Waals surface area contributed by atoms with Gasteiger partial charge in [-0.1, -0.05) is 257 Å². The molecular formula is C65H127O9P. The minimum atomic E-state index is -3.71. The van der Waals surface area contributed by atoms with Crippen molar-refractivity contribution >= 4 is 7.60 Å². The number of hydrogen-bond acceptors (Lipinski definition) is 9. The molecule has 3 aliphatic rings. The Hall–Kier alpha value is -0.0900. The van der Waals surface area contributed by atoms with Gasteiger partial charge in [0.25, 0.3) is 0 Å². The highest BCUT2D eigenvalue weighted by atomic mass is 31.2. The van der Waals surface area contributed by atoms with Crippen molar-refractivity contribution in [2.24, 2.45) is 53.3 Å². The fraction of sp³-hybridized carbons (Fsp3) is 1.00. The van der Waals surface area contributed by atoms with Gasteiger partial charge < -0.3 is 32.9 Å². The third kappa shape index (κ3) is 25.7.